The number of aromatic nitrogens is 2. The number of aromatic amines is 1. The van der Waals surface area contributed by atoms with Crippen LogP contribution in [0.25, 0.3) is 10.9 Å². The van der Waals surface area contributed by atoms with Gasteiger partial charge in [0.2, 0.25) is 0 Å². The standard InChI is InChI=1S/C15H13BrN2/c16-15-12-8-9-17-10-14(12)18-13(15)7-6-11-4-2-1-3-5-11/h1-5,8-10,18H,6-7H2. The molecule has 0 aliphatic heterocycles. The highest BCUT2D eigenvalue weighted by molar-refractivity contribution is 9.10. The molecule has 2 aromatic heterocycles. The lowest BCUT2D eigenvalue weighted by Gasteiger charge is -2.00. The number of H-pyrrole nitrogens is 1. The quantitative estimate of drug-likeness (QED) is 0.775. The van der Waals surface area contributed by atoms with Gasteiger partial charge in [-0.15, -0.1) is 0 Å². The average Bonchev–Trinajstić information content (AvgIpc) is 2.75. The van der Waals surface area contributed by atoms with Crippen molar-refractivity contribution in [1.82, 2.24) is 9.97 Å². The lowest BCUT2D eigenvalue weighted by atomic mass is 10.1. The number of nitrogens with one attached hydrogen (secondary N) is 1. The molecule has 0 amide bonds. The van der Waals surface area contributed by atoms with Crippen LogP contribution in [0.4, 0.5) is 0 Å². The van der Waals surface area contributed by atoms with Crippen molar-refractivity contribution in [3.05, 3.63) is 64.5 Å². The van der Waals surface area contributed by atoms with Crippen LogP contribution in [-0.4, -0.2) is 9.97 Å². The first-order valence-corrected chi connectivity index (χ1v) is 6.78. The zero-order chi connectivity index (χ0) is 12.4. The third-order valence-electron chi connectivity index (χ3n) is 3.11. The molecule has 0 aliphatic carbocycles. The molecule has 2 heterocycles. The molecular weight excluding hydrogens is 288 g/mol. The molecule has 3 rings (SSSR count). The monoisotopic (exact) mass is 300 g/mol. The molecule has 18 heavy (non-hydrogen) atoms. The lowest BCUT2D eigenvalue weighted by Crippen LogP contribution is -1.91. The van der Waals surface area contributed by atoms with Crippen LogP contribution in [0, 0.1) is 0 Å². The van der Waals surface area contributed by atoms with Crippen molar-refractivity contribution < 1.29 is 0 Å². The summed E-state index contributed by atoms with van der Waals surface area (Å²) in [6, 6.07) is 12.6. The van der Waals surface area contributed by atoms with Gasteiger partial charge in [0.1, 0.15) is 0 Å². The Bertz CT molecular complexity index is 659. The topological polar surface area (TPSA) is 28.7 Å². The van der Waals surface area contributed by atoms with E-state index in [2.05, 4.69) is 50.2 Å². The molecule has 0 spiro atoms. The second-order valence-electron chi connectivity index (χ2n) is 4.32. The van der Waals surface area contributed by atoms with Gasteiger partial charge in [-0.25, -0.2) is 0 Å². The number of fused-ring (bicyclic) bond motifs is 1. The molecule has 0 atom stereocenters. The molecule has 0 radical (unpaired) electrons. The van der Waals surface area contributed by atoms with Crippen LogP contribution in [0.5, 0.6) is 0 Å². The molecule has 0 saturated carbocycles. The van der Waals surface area contributed by atoms with E-state index in [0.29, 0.717) is 0 Å². The minimum Gasteiger partial charge on any atom is -0.356 e. The number of halogens is 1. The summed E-state index contributed by atoms with van der Waals surface area (Å²) in [4.78, 5) is 7.56. The van der Waals surface area contributed by atoms with Gasteiger partial charge in [0.15, 0.2) is 0 Å². The van der Waals surface area contributed by atoms with E-state index in [-0.39, 0.29) is 0 Å². The Balaban J connectivity index is 1.85. The Hall–Kier alpha value is -1.61. The van der Waals surface area contributed by atoms with Crippen molar-refractivity contribution in [2.24, 2.45) is 0 Å². The van der Waals surface area contributed by atoms with Crippen molar-refractivity contribution in [2.75, 3.05) is 0 Å². The molecule has 0 unspecified atom stereocenters. The minimum absolute atomic E-state index is 0.999. The van der Waals surface area contributed by atoms with Crippen LogP contribution >= 0.6 is 15.9 Å². The van der Waals surface area contributed by atoms with E-state index in [9.17, 15) is 0 Å². The second-order valence-corrected chi connectivity index (χ2v) is 5.12. The largest absolute Gasteiger partial charge is 0.356 e. The fraction of sp³-hybridized carbons (Fsp3) is 0.133. The summed E-state index contributed by atoms with van der Waals surface area (Å²) in [7, 11) is 0. The Labute approximate surface area is 114 Å². The number of nitrogens with zero attached hydrogens (tertiary/aromatic N) is 1. The highest BCUT2D eigenvalue weighted by Gasteiger charge is 2.08. The third kappa shape index (κ3) is 2.18. The van der Waals surface area contributed by atoms with E-state index >= 15 is 0 Å². The van der Waals surface area contributed by atoms with Crippen molar-refractivity contribution >= 4 is 26.8 Å². The maximum atomic E-state index is 4.13. The molecule has 0 fully saturated rings. The minimum atomic E-state index is 0.999. The predicted molar refractivity (Wildman–Crippen MR) is 77.6 cm³/mol. The van der Waals surface area contributed by atoms with Crippen LogP contribution < -0.4 is 0 Å². The van der Waals surface area contributed by atoms with Gasteiger partial charge in [-0.05, 0) is 40.4 Å². The molecular formula is C15H13BrN2. The number of hydrogen-bond donors (Lipinski definition) is 1. The van der Waals surface area contributed by atoms with Crippen molar-refractivity contribution in [3.63, 3.8) is 0 Å². The van der Waals surface area contributed by atoms with Gasteiger partial charge in [0.25, 0.3) is 0 Å². The van der Waals surface area contributed by atoms with Gasteiger partial charge in [-0.3, -0.25) is 4.98 Å². The van der Waals surface area contributed by atoms with Gasteiger partial charge >= 0.3 is 0 Å². The number of benzene rings is 1. The van der Waals surface area contributed by atoms with E-state index in [1.165, 1.54) is 16.6 Å². The second kappa shape index (κ2) is 4.94. The average molecular weight is 301 g/mol. The predicted octanol–water partition coefficient (Wildman–Crippen LogP) is 4.11. The first-order chi connectivity index (χ1) is 8.84. The summed E-state index contributed by atoms with van der Waals surface area (Å²) in [6.45, 7) is 0. The molecule has 1 aromatic carbocycles. The molecule has 1 N–H and O–H groups in total. The number of hydrogen-bond acceptors (Lipinski definition) is 1. The highest BCUT2D eigenvalue weighted by atomic mass is 79.9. The summed E-state index contributed by atoms with van der Waals surface area (Å²) in [5.41, 5.74) is 3.69. The maximum absolute atomic E-state index is 4.13. The van der Waals surface area contributed by atoms with Crippen LogP contribution in [0.2, 0.25) is 0 Å². The number of pyridine rings is 1. The summed E-state index contributed by atoms with van der Waals surface area (Å²) in [6.07, 6.45) is 5.73. The van der Waals surface area contributed by atoms with E-state index in [0.717, 1.165) is 22.8 Å². The van der Waals surface area contributed by atoms with Crippen molar-refractivity contribution in [1.29, 1.82) is 0 Å². The summed E-state index contributed by atoms with van der Waals surface area (Å²) in [5.74, 6) is 0. The van der Waals surface area contributed by atoms with Gasteiger partial charge in [-0.2, -0.15) is 0 Å². The van der Waals surface area contributed by atoms with Crippen LogP contribution in [-0.2, 0) is 12.8 Å². The number of rotatable bonds is 3. The van der Waals surface area contributed by atoms with Crippen molar-refractivity contribution in [3.8, 4) is 0 Å². The normalized spacial score (nSPS) is 10.9. The lowest BCUT2D eigenvalue weighted by molar-refractivity contribution is 0.925. The first kappa shape index (κ1) is 11.5. The van der Waals surface area contributed by atoms with Crippen LogP contribution in [0.1, 0.15) is 11.3 Å². The molecule has 0 bridgehead atoms. The van der Waals surface area contributed by atoms with Gasteiger partial charge in [0.05, 0.1) is 11.7 Å². The fourth-order valence-electron chi connectivity index (χ4n) is 2.15. The zero-order valence-corrected chi connectivity index (χ0v) is 11.4. The Morgan fingerprint density at radius 3 is 2.67 bits per heavy atom. The van der Waals surface area contributed by atoms with E-state index < -0.39 is 0 Å². The molecule has 2 nitrogen and oxygen atoms in total. The highest BCUT2D eigenvalue weighted by Crippen LogP contribution is 2.27. The fourth-order valence-corrected chi connectivity index (χ4v) is 2.79. The smallest absolute Gasteiger partial charge is 0.0654 e. The SMILES string of the molecule is Brc1c(CCc2ccccc2)[nH]c2cnccc12. The summed E-state index contributed by atoms with van der Waals surface area (Å²) in [5, 5.41) is 1.20. The summed E-state index contributed by atoms with van der Waals surface area (Å²) < 4.78 is 1.16. The maximum Gasteiger partial charge on any atom is 0.0654 e. The van der Waals surface area contributed by atoms with Gasteiger partial charge < -0.3 is 4.98 Å². The Morgan fingerprint density at radius 2 is 1.89 bits per heavy atom. The first-order valence-electron chi connectivity index (χ1n) is 5.98. The molecule has 0 aliphatic rings. The summed E-state index contributed by atoms with van der Waals surface area (Å²) >= 11 is 3.67. The van der Waals surface area contributed by atoms with Gasteiger partial charge in [0, 0.05) is 21.7 Å². The molecule has 90 valence electrons. The third-order valence-corrected chi connectivity index (χ3v) is 4.02. The number of aryl methyl sites for hydroxylation is 2. The molecule has 3 aromatic rings. The van der Waals surface area contributed by atoms with Crippen LogP contribution in [0.15, 0.2) is 53.3 Å². The van der Waals surface area contributed by atoms with Gasteiger partial charge in [-0.1, -0.05) is 30.3 Å². The van der Waals surface area contributed by atoms with Crippen LogP contribution in [0.3, 0.4) is 0 Å². The Morgan fingerprint density at radius 1 is 1.06 bits per heavy atom. The molecule has 0 saturated heterocycles. The van der Waals surface area contributed by atoms with E-state index in [1.807, 2.05) is 24.5 Å². The van der Waals surface area contributed by atoms with E-state index in [1.54, 1.807) is 0 Å². The van der Waals surface area contributed by atoms with Crippen molar-refractivity contribution in [2.45, 2.75) is 12.8 Å². The molecule has 3 heteroatoms. The zero-order valence-electron chi connectivity index (χ0n) is 9.86. The Kier molecular flexibility index (Phi) is 3.15. The van der Waals surface area contributed by atoms with E-state index in [4.69, 9.17) is 0 Å².